The highest BCUT2D eigenvalue weighted by Crippen LogP contribution is 2.27. The van der Waals surface area contributed by atoms with Crippen LogP contribution in [0.15, 0.2) is 51.0 Å². The lowest BCUT2D eigenvalue weighted by molar-refractivity contribution is -0.120. The zero-order valence-electron chi connectivity index (χ0n) is 17.8. The molecule has 4 aromatic rings. The summed E-state index contributed by atoms with van der Waals surface area (Å²) in [5.41, 5.74) is 1.70. The number of nitrogens with zero attached hydrogens (tertiary/aromatic N) is 1. The molecule has 0 atom stereocenters. The molecule has 0 aliphatic carbocycles. The first-order valence-corrected chi connectivity index (χ1v) is 12.3. The summed E-state index contributed by atoms with van der Waals surface area (Å²) in [6.07, 6.45) is 1.02. The first kappa shape index (κ1) is 26.9. The highest BCUT2D eigenvalue weighted by atomic mass is 35.6. The molecule has 0 saturated heterocycles. The molecule has 0 aliphatic heterocycles. The number of aromatic amines is 2. The van der Waals surface area contributed by atoms with Gasteiger partial charge in [-0.05, 0) is 70.2 Å². The Morgan fingerprint density at radius 3 is 1.94 bits per heavy atom. The van der Waals surface area contributed by atoms with E-state index in [0.717, 1.165) is 6.40 Å². The first-order valence-electron chi connectivity index (χ1n) is 10.0. The van der Waals surface area contributed by atoms with E-state index in [2.05, 4.69) is 20.3 Å². The van der Waals surface area contributed by atoms with Crippen LogP contribution in [0.3, 0.4) is 0 Å². The van der Waals surface area contributed by atoms with Gasteiger partial charge in [-0.3, -0.25) is 19.4 Å². The van der Waals surface area contributed by atoms with Crippen LogP contribution < -0.4 is 16.2 Å². The average Bonchev–Trinajstić information content (AvgIpc) is 2.80. The van der Waals surface area contributed by atoms with E-state index in [1.54, 1.807) is 36.4 Å². The Morgan fingerprint density at radius 2 is 1.42 bits per heavy atom. The summed E-state index contributed by atoms with van der Waals surface area (Å²) in [5, 5.41) is 3.16. The molecule has 0 aliphatic rings. The molecule has 2 aromatic carbocycles. The van der Waals surface area contributed by atoms with Crippen LogP contribution in [0.5, 0.6) is 0 Å². The number of hydrogen-bond acceptors (Lipinski definition) is 5. The Hall–Kier alpha value is -2.20. The van der Waals surface area contributed by atoms with E-state index in [1.165, 1.54) is 0 Å². The van der Waals surface area contributed by atoms with E-state index >= 15 is 0 Å². The van der Waals surface area contributed by atoms with Crippen molar-refractivity contribution >= 4 is 115 Å². The topological polar surface area (TPSA) is 116 Å². The van der Waals surface area contributed by atoms with Crippen LogP contribution in [-0.2, 0) is 22.6 Å². The van der Waals surface area contributed by atoms with Crippen LogP contribution in [0, 0.1) is 0 Å². The van der Waals surface area contributed by atoms with Gasteiger partial charge >= 0.3 is 3.98 Å². The summed E-state index contributed by atoms with van der Waals surface area (Å²) in [5.74, 6) is -0.793. The summed E-state index contributed by atoms with van der Waals surface area (Å²) >= 11 is 33.1. The number of amides is 1. The summed E-state index contributed by atoms with van der Waals surface area (Å²) in [6.45, 7) is 0.201. The lowest BCUT2D eigenvalue weighted by Crippen LogP contribution is -2.34. The molecule has 0 bridgehead atoms. The molecule has 0 radical (unpaired) electrons. The molecule has 36 heavy (non-hydrogen) atoms. The molecule has 8 nitrogen and oxygen atoms in total. The molecule has 0 spiro atoms. The van der Waals surface area contributed by atoms with Crippen LogP contribution in [0.1, 0.15) is 11.1 Å². The number of pyridine rings is 2. The fraction of sp³-hybridized carbons (Fsp3) is 0.182. The minimum atomic E-state index is -2.10. The quantitative estimate of drug-likeness (QED) is 0.122. The van der Waals surface area contributed by atoms with E-state index < -0.39 is 13.7 Å². The van der Waals surface area contributed by atoms with E-state index in [-0.39, 0.29) is 35.0 Å². The second-order valence-corrected chi connectivity index (χ2v) is 12.1. The van der Waals surface area contributed by atoms with E-state index in [1.807, 2.05) is 0 Å². The van der Waals surface area contributed by atoms with Crippen molar-refractivity contribution in [2.75, 3.05) is 0 Å². The summed E-state index contributed by atoms with van der Waals surface area (Å²) in [4.78, 5) is 48.4. The molecule has 0 unspecified atom stereocenters. The number of hydrogen-bond donors (Lipinski definition) is 3. The summed E-state index contributed by atoms with van der Waals surface area (Å²) < 4.78 is 0.761. The third-order valence-electron chi connectivity index (χ3n) is 5.13. The van der Waals surface area contributed by atoms with E-state index in [4.69, 9.17) is 74.3 Å². The van der Waals surface area contributed by atoms with Crippen molar-refractivity contribution in [3.63, 3.8) is 0 Å². The Bertz CT molecular complexity index is 1640. The summed E-state index contributed by atoms with van der Waals surface area (Å²) in [7, 11) is 0. The zero-order chi connectivity index (χ0) is 26.3. The molecule has 188 valence electrons. The lowest BCUT2D eigenvalue weighted by atomic mass is 10.1. The maximum Gasteiger partial charge on any atom is 0.339 e. The Balaban J connectivity index is 1.71. The number of nitrogens with one attached hydrogen (secondary N) is 3. The van der Waals surface area contributed by atoms with Crippen LogP contribution in [-0.4, -0.2) is 30.0 Å². The fourth-order valence-electron chi connectivity index (χ4n) is 3.51. The predicted molar refractivity (Wildman–Crippen MR) is 146 cm³/mol. The van der Waals surface area contributed by atoms with Crippen molar-refractivity contribution in [3.8, 4) is 0 Å². The molecule has 1 amide bonds. The van der Waals surface area contributed by atoms with Gasteiger partial charge in [-0.25, -0.2) is 0 Å². The first-order chi connectivity index (χ1) is 16.8. The van der Waals surface area contributed by atoms with Gasteiger partial charge in [0.15, 0.2) is 6.40 Å². The van der Waals surface area contributed by atoms with Gasteiger partial charge in [0.2, 0.25) is 10.9 Å². The smallest absolute Gasteiger partial charge is 0.339 e. The van der Waals surface area contributed by atoms with Gasteiger partial charge in [0.05, 0.1) is 6.54 Å². The number of benzene rings is 2. The number of carbonyl (C=O) groups is 1. The summed E-state index contributed by atoms with van der Waals surface area (Å²) in [6, 6.07) is 9.95. The number of fused-ring (bicyclic) bond motifs is 3. The van der Waals surface area contributed by atoms with Gasteiger partial charge < -0.3 is 20.0 Å². The van der Waals surface area contributed by atoms with Gasteiger partial charge in [-0.2, -0.15) is 0 Å². The highest BCUT2D eigenvalue weighted by Gasteiger charge is 2.30. The van der Waals surface area contributed by atoms with Crippen LogP contribution in [0.2, 0.25) is 0 Å². The molecule has 0 saturated carbocycles. The minimum absolute atomic E-state index is 0.0341. The van der Waals surface area contributed by atoms with Crippen molar-refractivity contribution in [2.24, 2.45) is 4.99 Å². The Morgan fingerprint density at radius 1 is 0.889 bits per heavy atom. The molecule has 2 heterocycles. The van der Waals surface area contributed by atoms with Gasteiger partial charge in [0.25, 0.3) is 9.70 Å². The molecular formula is C22H14Cl6N4O4. The van der Waals surface area contributed by atoms with Crippen LogP contribution in [0.25, 0.3) is 32.8 Å². The molecule has 0 fully saturated rings. The number of carbonyl (C=O) groups excluding carboxylic acids is 1. The standard InChI is InChI=1S/C22H14Cl6N4O4/c23-21(24,25)20(35)30-8-11-2-4-15-13(6-11)19(34)17-16(32-15)18(33)12-5-10(1-3-14(12)31-17)7-29-9-36-22(26,27)28/h1-6,9H,7-8H2,(H,30,35)(H,31,33)(H,32,34)/b29-9+. The van der Waals surface area contributed by atoms with Crippen LogP contribution in [0.4, 0.5) is 0 Å². The number of ether oxygens (including phenoxy) is 1. The van der Waals surface area contributed by atoms with Gasteiger partial charge in [-0.15, -0.1) is 0 Å². The Kier molecular flexibility index (Phi) is 7.67. The lowest BCUT2D eigenvalue weighted by Gasteiger charge is -2.12. The number of aromatic nitrogens is 2. The highest BCUT2D eigenvalue weighted by molar-refractivity contribution is 6.76. The van der Waals surface area contributed by atoms with Crippen molar-refractivity contribution in [3.05, 3.63) is 68.0 Å². The predicted octanol–water partition coefficient (Wildman–Crippen LogP) is 5.38. The average molecular weight is 611 g/mol. The van der Waals surface area contributed by atoms with Crippen LogP contribution >= 0.6 is 69.6 Å². The van der Waals surface area contributed by atoms with E-state index in [9.17, 15) is 14.4 Å². The normalized spacial score (nSPS) is 12.6. The molecule has 3 N–H and O–H groups in total. The SMILES string of the molecule is O=C(NCc1ccc2[nH]c3c(=O)c4cc(C/N=C/OC(Cl)(Cl)Cl)ccc4[nH]c3c(=O)c2c1)C(Cl)(Cl)Cl. The third kappa shape index (κ3) is 6.02. The second-order valence-electron chi connectivity index (χ2n) is 7.61. The number of halogens is 6. The van der Waals surface area contributed by atoms with Crippen molar-refractivity contribution < 1.29 is 9.53 Å². The molecule has 14 heteroatoms. The van der Waals surface area contributed by atoms with E-state index in [0.29, 0.717) is 32.9 Å². The number of aliphatic imine (C=N–C) groups is 1. The van der Waals surface area contributed by atoms with Crippen molar-refractivity contribution in [1.29, 1.82) is 0 Å². The Labute approximate surface area is 232 Å². The van der Waals surface area contributed by atoms with Gasteiger partial charge in [-0.1, -0.05) is 46.9 Å². The number of alkyl halides is 6. The number of H-pyrrole nitrogens is 2. The third-order valence-corrected chi connectivity index (χ3v) is 5.91. The van der Waals surface area contributed by atoms with Crippen molar-refractivity contribution in [1.82, 2.24) is 15.3 Å². The fourth-order valence-corrected chi connectivity index (χ4v) is 3.83. The maximum atomic E-state index is 13.2. The largest absolute Gasteiger partial charge is 0.435 e. The number of rotatable bonds is 5. The van der Waals surface area contributed by atoms with Gasteiger partial charge in [0, 0.05) is 28.4 Å². The molecular weight excluding hydrogens is 597 g/mol. The maximum absolute atomic E-state index is 13.2. The molecule has 2 aromatic heterocycles. The minimum Gasteiger partial charge on any atom is -0.435 e. The van der Waals surface area contributed by atoms with Gasteiger partial charge in [0.1, 0.15) is 11.0 Å². The molecule has 4 rings (SSSR count). The zero-order valence-corrected chi connectivity index (χ0v) is 22.3. The second kappa shape index (κ2) is 10.3. The monoisotopic (exact) mass is 608 g/mol. The van der Waals surface area contributed by atoms with Crippen molar-refractivity contribution in [2.45, 2.75) is 20.9 Å².